The lowest BCUT2D eigenvalue weighted by molar-refractivity contribution is 0.0890. The predicted octanol–water partition coefficient (Wildman–Crippen LogP) is 2.86. The third kappa shape index (κ3) is 4.29. The van der Waals surface area contributed by atoms with Crippen molar-refractivity contribution in [1.82, 2.24) is 15.2 Å². The second-order valence-electron chi connectivity index (χ2n) is 6.81. The maximum Gasteiger partial charge on any atom is 0.251 e. The molecule has 1 saturated carbocycles. The Morgan fingerprint density at radius 2 is 1.91 bits per heavy atom. The Morgan fingerprint density at radius 1 is 1.14 bits per heavy atom. The van der Waals surface area contributed by atoms with Crippen molar-refractivity contribution in [3.63, 3.8) is 0 Å². The van der Waals surface area contributed by atoms with Gasteiger partial charge in [-0.05, 0) is 50.3 Å². The molecule has 1 aliphatic carbocycles. The molecule has 2 heterocycles. The van der Waals surface area contributed by atoms with Gasteiger partial charge in [0.2, 0.25) is 0 Å². The van der Waals surface area contributed by atoms with Crippen molar-refractivity contribution in [2.24, 2.45) is 5.92 Å². The van der Waals surface area contributed by atoms with Crippen molar-refractivity contribution < 1.29 is 4.79 Å². The van der Waals surface area contributed by atoms with Gasteiger partial charge in [-0.1, -0.05) is 19.3 Å². The van der Waals surface area contributed by atoms with Crippen LogP contribution in [0, 0.1) is 5.92 Å². The molecule has 4 nitrogen and oxygen atoms in total. The summed E-state index contributed by atoms with van der Waals surface area (Å²) in [4.78, 5) is 18.8. The monoisotopic (exact) mass is 301 g/mol. The number of nitrogens with one attached hydrogen (secondary N) is 1. The number of aromatic nitrogens is 1. The quantitative estimate of drug-likeness (QED) is 0.930. The lowest BCUT2D eigenvalue weighted by Crippen LogP contribution is -2.48. The number of carbonyl (C=O) groups is 1. The molecule has 1 saturated heterocycles. The van der Waals surface area contributed by atoms with Crippen LogP contribution in [0.5, 0.6) is 0 Å². The zero-order valence-electron chi connectivity index (χ0n) is 13.3. The number of pyridine rings is 1. The first kappa shape index (κ1) is 15.5. The van der Waals surface area contributed by atoms with E-state index in [0.29, 0.717) is 5.56 Å². The Labute approximate surface area is 133 Å². The first-order chi connectivity index (χ1) is 10.8. The highest BCUT2D eigenvalue weighted by molar-refractivity contribution is 5.94. The van der Waals surface area contributed by atoms with Gasteiger partial charge in [-0.25, -0.2) is 0 Å². The molecule has 0 aromatic carbocycles. The zero-order chi connectivity index (χ0) is 15.2. The third-order valence-corrected chi connectivity index (χ3v) is 5.02. The largest absolute Gasteiger partial charge is 0.348 e. The average Bonchev–Trinajstić information content (AvgIpc) is 2.57. The van der Waals surface area contributed by atoms with Crippen LogP contribution in [-0.2, 0) is 0 Å². The fraction of sp³-hybridized carbons (Fsp3) is 0.667. The minimum atomic E-state index is 0.0342. The Morgan fingerprint density at radius 3 is 2.68 bits per heavy atom. The second-order valence-corrected chi connectivity index (χ2v) is 6.81. The molecule has 4 heteroatoms. The Bertz CT molecular complexity index is 470. The molecule has 3 rings (SSSR count). The first-order valence-electron chi connectivity index (χ1n) is 8.74. The summed E-state index contributed by atoms with van der Waals surface area (Å²) in [6.07, 6.45) is 12.6. The van der Waals surface area contributed by atoms with Crippen LogP contribution in [0.25, 0.3) is 0 Å². The van der Waals surface area contributed by atoms with E-state index in [4.69, 9.17) is 0 Å². The molecule has 2 fully saturated rings. The summed E-state index contributed by atoms with van der Waals surface area (Å²) in [5, 5.41) is 3.19. The molecule has 0 radical (unpaired) electrons. The highest BCUT2D eigenvalue weighted by Crippen LogP contribution is 2.25. The van der Waals surface area contributed by atoms with E-state index in [1.165, 1.54) is 51.6 Å². The van der Waals surface area contributed by atoms with Gasteiger partial charge in [0.1, 0.15) is 0 Å². The summed E-state index contributed by atoms with van der Waals surface area (Å²) in [6.45, 7) is 3.42. The molecule has 0 spiro atoms. The topological polar surface area (TPSA) is 45.2 Å². The van der Waals surface area contributed by atoms with Crippen LogP contribution in [0.15, 0.2) is 24.5 Å². The fourth-order valence-corrected chi connectivity index (χ4v) is 3.85. The predicted molar refractivity (Wildman–Crippen MR) is 87.7 cm³/mol. The molecule has 1 aromatic rings. The Hall–Kier alpha value is -1.42. The molecule has 1 unspecified atom stereocenters. The number of likely N-dealkylation sites (tertiary alicyclic amines) is 1. The van der Waals surface area contributed by atoms with E-state index in [-0.39, 0.29) is 11.9 Å². The summed E-state index contributed by atoms with van der Waals surface area (Å²) in [7, 11) is 0. The first-order valence-corrected chi connectivity index (χ1v) is 8.74. The summed E-state index contributed by atoms with van der Waals surface area (Å²) in [6, 6.07) is 3.84. The van der Waals surface area contributed by atoms with Crippen molar-refractivity contribution in [3.05, 3.63) is 30.1 Å². The summed E-state index contributed by atoms with van der Waals surface area (Å²) >= 11 is 0. The number of nitrogens with zero attached hydrogens (tertiary/aromatic N) is 2. The molecule has 0 bridgehead atoms. The SMILES string of the molecule is O=C(NC1CCCN(CC2CCCCC2)C1)c1ccncc1. The van der Waals surface area contributed by atoms with Gasteiger partial charge in [0.05, 0.1) is 0 Å². The molecule has 1 aliphatic heterocycles. The number of piperidine rings is 1. The normalized spacial score (nSPS) is 24.1. The highest BCUT2D eigenvalue weighted by Gasteiger charge is 2.24. The Kier molecular flexibility index (Phi) is 5.43. The summed E-state index contributed by atoms with van der Waals surface area (Å²) in [5.74, 6) is 0.912. The van der Waals surface area contributed by atoms with Gasteiger partial charge in [-0.3, -0.25) is 9.78 Å². The number of hydrogen-bond acceptors (Lipinski definition) is 3. The minimum Gasteiger partial charge on any atom is -0.348 e. The van der Waals surface area contributed by atoms with Crippen molar-refractivity contribution in [2.75, 3.05) is 19.6 Å². The molecule has 1 amide bonds. The molecule has 1 N–H and O–H groups in total. The number of amides is 1. The van der Waals surface area contributed by atoms with Crippen LogP contribution in [-0.4, -0.2) is 41.5 Å². The standard InChI is InChI=1S/C18H27N3O/c22-18(16-8-10-19-11-9-16)20-17-7-4-12-21(14-17)13-15-5-2-1-3-6-15/h8-11,15,17H,1-7,12-14H2,(H,20,22). The molecule has 120 valence electrons. The van der Waals surface area contributed by atoms with Gasteiger partial charge < -0.3 is 10.2 Å². The van der Waals surface area contributed by atoms with Gasteiger partial charge in [0, 0.05) is 37.1 Å². The van der Waals surface area contributed by atoms with Crippen LogP contribution >= 0.6 is 0 Å². The number of carbonyl (C=O) groups excluding carboxylic acids is 1. The lowest BCUT2D eigenvalue weighted by atomic mass is 9.88. The van der Waals surface area contributed by atoms with E-state index in [2.05, 4.69) is 15.2 Å². The van der Waals surface area contributed by atoms with Crippen LogP contribution in [0.2, 0.25) is 0 Å². The van der Waals surface area contributed by atoms with E-state index in [1.54, 1.807) is 24.5 Å². The molecule has 1 atom stereocenters. The zero-order valence-corrected chi connectivity index (χ0v) is 13.3. The fourth-order valence-electron chi connectivity index (χ4n) is 3.85. The lowest BCUT2D eigenvalue weighted by Gasteiger charge is -2.36. The van der Waals surface area contributed by atoms with Gasteiger partial charge in [0.15, 0.2) is 0 Å². The van der Waals surface area contributed by atoms with Crippen LogP contribution < -0.4 is 5.32 Å². The molecule has 2 aliphatic rings. The number of rotatable bonds is 4. The maximum atomic E-state index is 12.3. The highest BCUT2D eigenvalue weighted by atomic mass is 16.1. The molecular weight excluding hydrogens is 274 g/mol. The van der Waals surface area contributed by atoms with Crippen LogP contribution in [0.4, 0.5) is 0 Å². The van der Waals surface area contributed by atoms with Crippen molar-refractivity contribution in [1.29, 1.82) is 0 Å². The average molecular weight is 301 g/mol. The molecule has 1 aromatic heterocycles. The van der Waals surface area contributed by atoms with Crippen molar-refractivity contribution in [3.8, 4) is 0 Å². The van der Waals surface area contributed by atoms with Gasteiger partial charge in [-0.15, -0.1) is 0 Å². The van der Waals surface area contributed by atoms with E-state index >= 15 is 0 Å². The summed E-state index contributed by atoms with van der Waals surface area (Å²) in [5.41, 5.74) is 0.708. The van der Waals surface area contributed by atoms with Crippen LogP contribution in [0.3, 0.4) is 0 Å². The number of hydrogen-bond donors (Lipinski definition) is 1. The van der Waals surface area contributed by atoms with Crippen molar-refractivity contribution in [2.45, 2.75) is 51.0 Å². The smallest absolute Gasteiger partial charge is 0.251 e. The third-order valence-electron chi connectivity index (χ3n) is 5.02. The van der Waals surface area contributed by atoms with E-state index < -0.39 is 0 Å². The summed E-state index contributed by atoms with van der Waals surface area (Å²) < 4.78 is 0. The second kappa shape index (κ2) is 7.73. The maximum absolute atomic E-state index is 12.3. The van der Waals surface area contributed by atoms with Crippen molar-refractivity contribution >= 4 is 5.91 Å². The van der Waals surface area contributed by atoms with E-state index in [1.807, 2.05) is 0 Å². The van der Waals surface area contributed by atoms with Gasteiger partial charge in [-0.2, -0.15) is 0 Å². The van der Waals surface area contributed by atoms with E-state index in [9.17, 15) is 4.79 Å². The minimum absolute atomic E-state index is 0.0342. The van der Waals surface area contributed by atoms with Crippen LogP contribution in [0.1, 0.15) is 55.3 Å². The molecule has 22 heavy (non-hydrogen) atoms. The Balaban J connectivity index is 1.49. The van der Waals surface area contributed by atoms with Gasteiger partial charge in [0.25, 0.3) is 5.91 Å². The van der Waals surface area contributed by atoms with Gasteiger partial charge >= 0.3 is 0 Å². The molecular formula is C18H27N3O. The van der Waals surface area contributed by atoms with E-state index in [0.717, 1.165) is 18.9 Å².